The van der Waals surface area contributed by atoms with Gasteiger partial charge in [-0.2, -0.15) is 13.2 Å². The van der Waals surface area contributed by atoms with Crippen LogP contribution in [0.4, 0.5) is 17.6 Å². The van der Waals surface area contributed by atoms with Gasteiger partial charge in [-0.05, 0) is 43.4 Å². The third-order valence-corrected chi connectivity index (χ3v) is 3.60. The highest BCUT2D eigenvalue weighted by molar-refractivity contribution is 5.94. The number of nitrogens with one attached hydrogen (secondary N) is 1. The van der Waals surface area contributed by atoms with Crippen LogP contribution in [0.15, 0.2) is 18.2 Å². The first-order valence-electron chi connectivity index (χ1n) is 6.60. The second-order valence-corrected chi connectivity index (χ2v) is 5.24. The molecule has 0 heterocycles. The number of hydrogen-bond donors (Lipinski definition) is 2. The fourth-order valence-corrected chi connectivity index (χ4v) is 2.46. The average Bonchev–Trinajstić information content (AvgIpc) is 2.81. The molecule has 1 aromatic carbocycles. The van der Waals surface area contributed by atoms with E-state index in [0.717, 1.165) is 12.5 Å². The second-order valence-electron chi connectivity index (χ2n) is 5.24. The molecule has 1 saturated carbocycles. The van der Waals surface area contributed by atoms with Crippen molar-refractivity contribution in [1.82, 2.24) is 5.32 Å². The molecule has 1 amide bonds. The summed E-state index contributed by atoms with van der Waals surface area (Å²) in [4.78, 5) is 11.8. The molecule has 0 aliphatic heterocycles. The van der Waals surface area contributed by atoms with Crippen molar-refractivity contribution in [3.05, 3.63) is 35.1 Å². The zero-order valence-corrected chi connectivity index (χ0v) is 11.1. The van der Waals surface area contributed by atoms with Gasteiger partial charge in [-0.1, -0.05) is 0 Å². The van der Waals surface area contributed by atoms with Crippen molar-refractivity contribution < 1.29 is 27.5 Å². The number of rotatable bonds is 3. The number of alkyl halides is 3. The molecule has 21 heavy (non-hydrogen) atoms. The summed E-state index contributed by atoms with van der Waals surface area (Å²) in [5, 5.41) is 11.9. The lowest BCUT2D eigenvalue weighted by atomic mass is 10.1. The molecule has 0 spiro atoms. The summed E-state index contributed by atoms with van der Waals surface area (Å²) >= 11 is 0. The molecule has 3 nitrogen and oxygen atoms in total. The van der Waals surface area contributed by atoms with Crippen molar-refractivity contribution in [1.29, 1.82) is 0 Å². The van der Waals surface area contributed by atoms with Gasteiger partial charge in [0.2, 0.25) is 0 Å². The molecule has 2 rings (SSSR count). The first-order chi connectivity index (χ1) is 9.77. The number of hydrogen-bond acceptors (Lipinski definition) is 2. The summed E-state index contributed by atoms with van der Waals surface area (Å²) < 4.78 is 50.8. The molecule has 1 aromatic rings. The van der Waals surface area contributed by atoms with Gasteiger partial charge in [0, 0.05) is 12.1 Å². The molecular formula is C14H15F4NO2. The van der Waals surface area contributed by atoms with Crippen LogP contribution in [0.3, 0.4) is 0 Å². The zero-order chi connectivity index (χ0) is 15.6. The van der Waals surface area contributed by atoms with Crippen LogP contribution >= 0.6 is 0 Å². The zero-order valence-electron chi connectivity index (χ0n) is 11.1. The maximum atomic E-state index is 13.1. The molecular weight excluding hydrogens is 290 g/mol. The van der Waals surface area contributed by atoms with Gasteiger partial charge in [0.1, 0.15) is 5.82 Å². The summed E-state index contributed by atoms with van der Waals surface area (Å²) in [6.45, 7) is 0.286. The van der Waals surface area contributed by atoms with Gasteiger partial charge in [0.25, 0.3) is 5.91 Å². The van der Waals surface area contributed by atoms with Crippen molar-refractivity contribution in [2.45, 2.75) is 31.5 Å². The van der Waals surface area contributed by atoms with E-state index in [1.165, 1.54) is 0 Å². The monoisotopic (exact) mass is 305 g/mol. The summed E-state index contributed by atoms with van der Waals surface area (Å²) in [7, 11) is 0. The van der Waals surface area contributed by atoms with Crippen molar-refractivity contribution in [2.24, 2.45) is 5.92 Å². The van der Waals surface area contributed by atoms with Crippen molar-refractivity contribution in [2.75, 3.05) is 6.54 Å². The lowest BCUT2D eigenvalue weighted by Gasteiger charge is -2.13. The second kappa shape index (κ2) is 6.01. The van der Waals surface area contributed by atoms with Gasteiger partial charge in [0.15, 0.2) is 0 Å². The van der Waals surface area contributed by atoms with Gasteiger partial charge in [-0.25, -0.2) is 4.39 Å². The van der Waals surface area contributed by atoms with Crippen molar-refractivity contribution in [3.63, 3.8) is 0 Å². The fourth-order valence-electron chi connectivity index (χ4n) is 2.46. The van der Waals surface area contributed by atoms with Crippen LogP contribution in [0.1, 0.15) is 35.2 Å². The highest BCUT2D eigenvalue weighted by Crippen LogP contribution is 2.32. The smallest absolute Gasteiger partial charge is 0.393 e. The highest BCUT2D eigenvalue weighted by atomic mass is 19.4. The Morgan fingerprint density at radius 2 is 2.05 bits per heavy atom. The number of carbonyl (C=O) groups is 1. The molecule has 0 bridgehead atoms. The Labute approximate surface area is 119 Å². The summed E-state index contributed by atoms with van der Waals surface area (Å²) in [5.74, 6) is -1.97. The Morgan fingerprint density at radius 3 is 2.62 bits per heavy atom. The van der Waals surface area contributed by atoms with E-state index < -0.39 is 23.5 Å². The standard InChI is InChI=1S/C14H15F4NO2/c15-12-4-2-9(6-11(12)14(16,17)18)13(21)19-7-8-1-3-10(20)5-8/h2,4,6,8,10,20H,1,3,5,7H2,(H,19,21). The molecule has 2 N–H and O–H groups in total. The first-order valence-corrected chi connectivity index (χ1v) is 6.60. The minimum Gasteiger partial charge on any atom is -0.393 e. The first kappa shape index (κ1) is 15.8. The molecule has 0 aromatic heterocycles. The predicted octanol–water partition coefficient (Wildman–Crippen LogP) is 2.74. The third-order valence-electron chi connectivity index (χ3n) is 3.60. The van der Waals surface area contributed by atoms with Crippen LogP contribution in [0.5, 0.6) is 0 Å². The maximum Gasteiger partial charge on any atom is 0.419 e. The molecule has 1 aliphatic carbocycles. The molecule has 2 atom stereocenters. The van der Waals surface area contributed by atoms with Crippen LogP contribution in [-0.2, 0) is 6.18 Å². The Hall–Kier alpha value is -1.63. The Balaban J connectivity index is 2.02. The van der Waals surface area contributed by atoms with Crippen LogP contribution in [0.2, 0.25) is 0 Å². The Kier molecular flexibility index (Phi) is 4.51. The van der Waals surface area contributed by atoms with Gasteiger partial charge in [-0.15, -0.1) is 0 Å². The number of benzene rings is 1. The van der Waals surface area contributed by atoms with E-state index in [-0.39, 0.29) is 24.1 Å². The van der Waals surface area contributed by atoms with Crippen LogP contribution in [0, 0.1) is 11.7 Å². The van der Waals surface area contributed by atoms with Gasteiger partial charge in [0.05, 0.1) is 11.7 Å². The van der Waals surface area contributed by atoms with Gasteiger partial charge < -0.3 is 10.4 Å². The minimum atomic E-state index is -4.84. The number of halogens is 4. The fraction of sp³-hybridized carbons (Fsp3) is 0.500. The van der Waals surface area contributed by atoms with E-state index in [9.17, 15) is 27.5 Å². The predicted molar refractivity (Wildman–Crippen MR) is 67.1 cm³/mol. The van der Waals surface area contributed by atoms with E-state index in [4.69, 9.17) is 0 Å². The van der Waals surface area contributed by atoms with Gasteiger partial charge >= 0.3 is 6.18 Å². The Bertz CT molecular complexity index is 530. The quantitative estimate of drug-likeness (QED) is 0.844. The third kappa shape index (κ3) is 3.93. The normalized spacial score (nSPS) is 22.3. The number of carbonyl (C=O) groups excluding carboxylic acids is 1. The van der Waals surface area contributed by atoms with Crippen LogP contribution in [0.25, 0.3) is 0 Å². The lowest BCUT2D eigenvalue weighted by molar-refractivity contribution is -0.140. The van der Waals surface area contributed by atoms with E-state index in [1.54, 1.807) is 0 Å². The molecule has 7 heteroatoms. The Morgan fingerprint density at radius 1 is 1.33 bits per heavy atom. The van der Waals surface area contributed by atoms with Gasteiger partial charge in [-0.3, -0.25) is 4.79 Å². The molecule has 0 radical (unpaired) electrons. The van der Waals surface area contributed by atoms with Crippen molar-refractivity contribution >= 4 is 5.91 Å². The molecule has 2 unspecified atom stereocenters. The summed E-state index contributed by atoms with van der Waals surface area (Å²) in [6, 6.07) is 2.16. The SMILES string of the molecule is O=C(NCC1CCC(O)C1)c1ccc(F)c(C(F)(F)F)c1. The maximum absolute atomic E-state index is 13.1. The van der Waals surface area contributed by atoms with E-state index in [0.29, 0.717) is 25.0 Å². The van der Waals surface area contributed by atoms with E-state index in [2.05, 4.69) is 5.32 Å². The van der Waals surface area contributed by atoms with Crippen LogP contribution < -0.4 is 5.32 Å². The summed E-state index contributed by atoms with van der Waals surface area (Å²) in [6.07, 6.45) is -3.23. The highest BCUT2D eigenvalue weighted by Gasteiger charge is 2.34. The number of aliphatic hydroxyl groups excluding tert-OH is 1. The van der Waals surface area contributed by atoms with E-state index in [1.807, 2.05) is 0 Å². The number of aliphatic hydroxyl groups is 1. The molecule has 116 valence electrons. The minimum absolute atomic E-state index is 0.117. The summed E-state index contributed by atoms with van der Waals surface area (Å²) in [5.41, 5.74) is -1.69. The number of amides is 1. The molecule has 0 saturated heterocycles. The van der Waals surface area contributed by atoms with Crippen LogP contribution in [-0.4, -0.2) is 23.7 Å². The molecule has 1 fully saturated rings. The van der Waals surface area contributed by atoms with Crippen molar-refractivity contribution in [3.8, 4) is 0 Å². The lowest BCUT2D eigenvalue weighted by Crippen LogP contribution is -2.29. The molecule has 1 aliphatic rings. The topological polar surface area (TPSA) is 49.3 Å². The van der Waals surface area contributed by atoms with E-state index >= 15 is 0 Å². The average molecular weight is 305 g/mol. The largest absolute Gasteiger partial charge is 0.419 e.